The van der Waals surface area contributed by atoms with Crippen molar-refractivity contribution < 1.29 is 14.3 Å². The first-order valence-corrected chi connectivity index (χ1v) is 7.81. The van der Waals surface area contributed by atoms with E-state index in [0.717, 1.165) is 32.3 Å². The van der Waals surface area contributed by atoms with E-state index in [0.29, 0.717) is 25.5 Å². The molecule has 0 radical (unpaired) electrons. The molecule has 2 unspecified atom stereocenters. The lowest BCUT2D eigenvalue weighted by molar-refractivity contribution is -0.136. The van der Waals surface area contributed by atoms with Gasteiger partial charge in [-0.25, -0.2) is 0 Å². The first kappa shape index (κ1) is 15.3. The summed E-state index contributed by atoms with van der Waals surface area (Å²) in [6.07, 6.45) is 4.65. The highest BCUT2D eigenvalue weighted by Gasteiger charge is 2.42. The van der Waals surface area contributed by atoms with Gasteiger partial charge >= 0.3 is 0 Å². The van der Waals surface area contributed by atoms with E-state index < -0.39 is 0 Å². The van der Waals surface area contributed by atoms with Crippen molar-refractivity contribution in [3.63, 3.8) is 0 Å². The molecule has 2 aliphatic rings. The summed E-state index contributed by atoms with van der Waals surface area (Å²) in [5, 5.41) is 2.89. The average Bonchev–Trinajstić information content (AvgIpc) is 3.23. The number of rotatable bonds is 7. The van der Waals surface area contributed by atoms with Gasteiger partial charge in [0.15, 0.2) is 0 Å². The lowest BCUT2D eigenvalue weighted by atomic mass is 10.1. The van der Waals surface area contributed by atoms with Gasteiger partial charge in [0.1, 0.15) is 6.04 Å². The predicted octanol–water partition coefficient (Wildman–Crippen LogP) is 1.32. The molecule has 1 aliphatic heterocycles. The van der Waals surface area contributed by atoms with Gasteiger partial charge in [-0.1, -0.05) is 13.3 Å². The molecule has 0 aromatic heterocycles. The molecule has 0 spiro atoms. The number of unbranched alkanes of at least 4 members (excludes halogenated alkanes) is 1. The van der Waals surface area contributed by atoms with Gasteiger partial charge < -0.3 is 15.0 Å². The number of carbonyl (C=O) groups is 2. The zero-order valence-electron chi connectivity index (χ0n) is 12.6. The Hall–Kier alpha value is -1.10. The molecule has 1 N–H and O–H groups in total. The highest BCUT2D eigenvalue weighted by molar-refractivity contribution is 5.91. The summed E-state index contributed by atoms with van der Waals surface area (Å²) in [6.45, 7) is 5.96. The Morgan fingerprint density at radius 2 is 2.05 bits per heavy atom. The highest BCUT2D eigenvalue weighted by atomic mass is 16.5. The Balaban J connectivity index is 1.89. The van der Waals surface area contributed by atoms with E-state index in [-0.39, 0.29) is 23.9 Å². The molecule has 20 heavy (non-hydrogen) atoms. The molecule has 1 saturated heterocycles. The first-order valence-electron chi connectivity index (χ1n) is 7.81. The summed E-state index contributed by atoms with van der Waals surface area (Å²) in [5.74, 6) is 0.419. The summed E-state index contributed by atoms with van der Waals surface area (Å²) in [7, 11) is 0. The van der Waals surface area contributed by atoms with Crippen LogP contribution in [0, 0.1) is 5.92 Å². The van der Waals surface area contributed by atoms with E-state index in [1.807, 2.05) is 11.8 Å². The fourth-order valence-electron chi connectivity index (χ4n) is 2.66. The second-order valence-corrected chi connectivity index (χ2v) is 5.93. The maximum absolute atomic E-state index is 12.6. The summed E-state index contributed by atoms with van der Waals surface area (Å²) in [4.78, 5) is 26.2. The maximum atomic E-state index is 12.6. The van der Waals surface area contributed by atoms with Crippen molar-refractivity contribution >= 4 is 11.8 Å². The molecule has 0 bridgehead atoms. The standard InChI is InChI=1S/C15H26N2O3/c1-3-4-8-20-9-7-17-11(2)10-13(18)16-14(15(17)19)12-5-6-12/h11-12,14H,3-10H2,1-2H3,(H,16,18). The number of nitrogens with zero attached hydrogens (tertiary/aromatic N) is 1. The van der Waals surface area contributed by atoms with Crippen molar-refractivity contribution in [1.82, 2.24) is 10.2 Å². The average molecular weight is 282 g/mol. The van der Waals surface area contributed by atoms with Crippen LogP contribution < -0.4 is 5.32 Å². The number of amides is 2. The third kappa shape index (κ3) is 3.95. The van der Waals surface area contributed by atoms with Gasteiger partial charge in [-0.15, -0.1) is 0 Å². The van der Waals surface area contributed by atoms with Crippen LogP contribution in [0.15, 0.2) is 0 Å². The van der Waals surface area contributed by atoms with Crippen molar-refractivity contribution in [3.05, 3.63) is 0 Å². The van der Waals surface area contributed by atoms with Crippen molar-refractivity contribution in [2.75, 3.05) is 19.8 Å². The third-order valence-corrected chi connectivity index (χ3v) is 4.09. The van der Waals surface area contributed by atoms with Crippen LogP contribution in [0.1, 0.15) is 46.0 Å². The molecular formula is C15H26N2O3. The van der Waals surface area contributed by atoms with E-state index in [9.17, 15) is 9.59 Å². The van der Waals surface area contributed by atoms with Gasteiger partial charge in [-0.05, 0) is 32.1 Å². The predicted molar refractivity (Wildman–Crippen MR) is 76.2 cm³/mol. The van der Waals surface area contributed by atoms with Crippen molar-refractivity contribution in [1.29, 1.82) is 0 Å². The van der Waals surface area contributed by atoms with Gasteiger partial charge in [0.2, 0.25) is 11.8 Å². The van der Waals surface area contributed by atoms with Crippen LogP contribution in [0.2, 0.25) is 0 Å². The quantitative estimate of drug-likeness (QED) is 0.716. The second kappa shape index (κ2) is 7.07. The topological polar surface area (TPSA) is 58.6 Å². The number of ether oxygens (including phenoxy) is 1. The lowest BCUT2D eigenvalue weighted by Crippen LogP contribution is -2.48. The van der Waals surface area contributed by atoms with E-state index in [1.165, 1.54) is 0 Å². The molecule has 2 amide bonds. The minimum Gasteiger partial charge on any atom is -0.380 e. The molecule has 5 nitrogen and oxygen atoms in total. The first-order chi connectivity index (χ1) is 9.63. The largest absolute Gasteiger partial charge is 0.380 e. The van der Waals surface area contributed by atoms with Crippen LogP contribution >= 0.6 is 0 Å². The van der Waals surface area contributed by atoms with Gasteiger partial charge in [0.25, 0.3) is 0 Å². The Labute approximate surface area is 121 Å². The zero-order valence-corrected chi connectivity index (χ0v) is 12.6. The number of carbonyl (C=O) groups excluding carboxylic acids is 2. The molecule has 2 rings (SSSR count). The SMILES string of the molecule is CCCCOCCN1C(=O)C(C2CC2)NC(=O)CC1C. The molecule has 2 fully saturated rings. The number of hydrogen-bond donors (Lipinski definition) is 1. The zero-order chi connectivity index (χ0) is 14.5. The molecular weight excluding hydrogens is 256 g/mol. The molecule has 1 heterocycles. The Morgan fingerprint density at radius 1 is 1.30 bits per heavy atom. The monoisotopic (exact) mass is 282 g/mol. The van der Waals surface area contributed by atoms with Crippen LogP contribution in [-0.4, -0.2) is 48.6 Å². The van der Waals surface area contributed by atoms with E-state index in [2.05, 4.69) is 12.2 Å². The normalized spacial score (nSPS) is 27.4. The number of hydrogen-bond acceptors (Lipinski definition) is 3. The molecule has 0 aromatic rings. The minimum absolute atomic E-state index is 0.00264. The summed E-state index contributed by atoms with van der Waals surface area (Å²) < 4.78 is 5.55. The fraction of sp³-hybridized carbons (Fsp3) is 0.867. The van der Waals surface area contributed by atoms with E-state index in [1.54, 1.807) is 0 Å². The molecule has 2 atom stereocenters. The van der Waals surface area contributed by atoms with Crippen molar-refractivity contribution in [3.8, 4) is 0 Å². The summed E-state index contributed by atoms with van der Waals surface area (Å²) >= 11 is 0. The van der Waals surface area contributed by atoms with Gasteiger partial charge in [-0.2, -0.15) is 0 Å². The Bertz CT molecular complexity index is 355. The van der Waals surface area contributed by atoms with Crippen LogP contribution in [-0.2, 0) is 14.3 Å². The van der Waals surface area contributed by atoms with Gasteiger partial charge in [-0.3, -0.25) is 9.59 Å². The number of nitrogens with one attached hydrogen (secondary N) is 1. The maximum Gasteiger partial charge on any atom is 0.245 e. The van der Waals surface area contributed by atoms with E-state index >= 15 is 0 Å². The molecule has 114 valence electrons. The smallest absolute Gasteiger partial charge is 0.245 e. The van der Waals surface area contributed by atoms with Crippen LogP contribution in [0.5, 0.6) is 0 Å². The van der Waals surface area contributed by atoms with Gasteiger partial charge in [0.05, 0.1) is 6.61 Å². The summed E-state index contributed by atoms with van der Waals surface area (Å²) in [6, 6.07) is -0.343. The Kier molecular flexibility index (Phi) is 5.40. The fourth-order valence-corrected chi connectivity index (χ4v) is 2.66. The lowest BCUT2D eigenvalue weighted by Gasteiger charge is -2.28. The van der Waals surface area contributed by atoms with Crippen LogP contribution in [0.3, 0.4) is 0 Å². The molecule has 0 aromatic carbocycles. The molecule has 1 saturated carbocycles. The third-order valence-electron chi connectivity index (χ3n) is 4.09. The van der Waals surface area contributed by atoms with Crippen molar-refractivity contribution in [2.24, 2.45) is 5.92 Å². The summed E-state index contributed by atoms with van der Waals surface area (Å²) in [5.41, 5.74) is 0. The highest BCUT2D eigenvalue weighted by Crippen LogP contribution is 2.34. The van der Waals surface area contributed by atoms with Crippen LogP contribution in [0.25, 0.3) is 0 Å². The van der Waals surface area contributed by atoms with Gasteiger partial charge in [0, 0.05) is 25.6 Å². The van der Waals surface area contributed by atoms with Crippen LogP contribution in [0.4, 0.5) is 0 Å². The Morgan fingerprint density at radius 3 is 2.70 bits per heavy atom. The minimum atomic E-state index is -0.303. The van der Waals surface area contributed by atoms with Crippen molar-refractivity contribution in [2.45, 2.75) is 58.0 Å². The molecule has 5 heteroatoms. The molecule has 1 aliphatic carbocycles. The van der Waals surface area contributed by atoms with E-state index in [4.69, 9.17) is 4.74 Å². The second-order valence-electron chi connectivity index (χ2n) is 5.93.